The lowest BCUT2D eigenvalue weighted by molar-refractivity contribution is -0.138. The van der Waals surface area contributed by atoms with Gasteiger partial charge in [0.15, 0.2) is 0 Å². The average Bonchev–Trinajstić information content (AvgIpc) is 2.66. The summed E-state index contributed by atoms with van der Waals surface area (Å²) in [6.07, 6.45) is 1.45. The summed E-state index contributed by atoms with van der Waals surface area (Å²) in [6.45, 7) is 8.18. The Hall–Kier alpha value is -1.95. The third-order valence-electron chi connectivity index (χ3n) is 3.70. The first-order valence-corrected chi connectivity index (χ1v) is 10.6. The number of ether oxygens (including phenoxy) is 4. The van der Waals surface area contributed by atoms with E-state index in [1.165, 1.54) is 0 Å². The van der Waals surface area contributed by atoms with E-state index in [9.17, 15) is 14.4 Å². The first kappa shape index (κ1) is 29.1. The molecule has 2 amide bonds. The maximum atomic E-state index is 11.9. The van der Waals surface area contributed by atoms with Gasteiger partial charge in [-0.25, -0.2) is 4.79 Å². The van der Waals surface area contributed by atoms with Crippen LogP contribution in [0.4, 0.5) is 4.79 Å². The molecule has 0 aliphatic rings. The van der Waals surface area contributed by atoms with Crippen molar-refractivity contribution in [2.75, 3.05) is 52.7 Å². The smallest absolute Gasteiger partial charge is 0.407 e. The molecule has 0 aromatic heterocycles. The second-order valence-electron chi connectivity index (χ2n) is 7.80. The van der Waals surface area contributed by atoms with E-state index in [0.717, 1.165) is 0 Å². The zero-order valence-electron chi connectivity index (χ0n) is 18.9. The van der Waals surface area contributed by atoms with Crippen LogP contribution in [-0.2, 0) is 28.5 Å². The summed E-state index contributed by atoms with van der Waals surface area (Å²) >= 11 is 0. The number of carbonyl (C=O) groups excluding carboxylic acids is 2. The number of unbranched alkanes of at least 4 members (excludes halogenated alkanes) is 1. The number of aliphatic carboxylic acids is 1. The van der Waals surface area contributed by atoms with Gasteiger partial charge in [0.25, 0.3) is 0 Å². The van der Waals surface area contributed by atoms with E-state index in [-0.39, 0.29) is 18.9 Å². The largest absolute Gasteiger partial charge is 0.481 e. The van der Waals surface area contributed by atoms with Crippen molar-refractivity contribution in [3.63, 3.8) is 0 Å². The molecule has 0 aromatic carbocycles. The molecule has 0 saturated carbocycles. The van der Waals surface area contributed by atoms with Gasteiger partial charge >= 0.3 is 12.1 Å². The monoisotopic (exact) mass is 449 g/mol. The van der Waals surface area contributed by atoms with Crippen LogP contribution in [0, 0.1) is 0 Å². The Morgan fingerprint density at radius 2 is 1.45 bits per heavy atom. The molecule has 0 rings (SSSR count). The van der Waals surface area contributed by atoms with Gasteiger partial charge in [0, 0.05) is 13.1 Å². The summed E-state index contributed by atoms with van der Waals surface area (Å²) in [6, 6.07) is -0.606. The Balaban J connectivity index is 3.47. The first-order chi connectivity index (χ1) is 14.6. The minimum atomic E-state index is -0.894. The lowest BCUT2D eigenvalue weighted by Gasteiger charge is -2.19. The highest BCUT2D eigenvalue weighted by molar-refractivity contribution is 5.81. The van der Waals surface area contributed by atoms with Gasteiger partial charge in [-0.3, -0.25) is 9.59 Å². The maximum Gasteiger partial charge on any atom is 0.407 e. The summed E-state index contributed by atoms with van der Waals surface area (Å²) < 4.78 is 20.8. The second-order valence-corrected chi connectivity index (χ2v) is 7.80. The normalized spacial score (nSPS) is 12.3. The molecule has 0 unspecified atom stereocenters. The minimum absolute atomic E-state index is 0.0240. The van der Waals surface area contributed by atoms with Gasteiger partial charge < -0.3 is 40.4 Å². The molecular formula is C20H39N3O8. The molecule has 11 heteroatoms. The number of carboxylic acid groups (broad SMARTS) is 1. The van der Waals surface area contributed by atoms with Crippen molar-refractivity contribution in [3.8, 4) is 0 Å². The lowest BCUT2D eigenvalue weighted by atomic mass is 10.1. The number of nitrogens with two attached hydrogens (primary N) is 1. The zero-order chi connectivity index (χ0) is 23.5. The van der Waals surface area contributed by atoms with Crippen LogP contribution in [0.2, 0.25) is 0 Å². The molecule has 0 fully saturated rings. The maximum absolute atomic E-state index is 11.9. The van der Waals surface area contributed by atoms with E-state index in [1.54, 1.807) is 20.8 Å². The van der Waals surface area contributed by atoms with Gasteiger partial charge in [-0.2, -0.15) is 0 Å². The number of alkyl carbamates (subject to hydrolysis) is 1. The van der Waals surface area contributed by atoms with Gasteiger partial charge in [0.1, 0.15) is 5.60 Å². The Bertz CT molecular complexity index is 511. The van der Waals surface area contributed by atoms with Gasteiger partial charge in [0.2, 0.25) is 5.91 Å². The van der Waals surface area contributed by atoms with E-state index in [1.807, 2.05) is 0 Å². The molecule has 0 radical (unpaired) electrons. The van der Waals surface area contributed by atoms with Crippen LogP contribution in [0.5, 0.6) is 0 Å². The van der Waals surface area contributed by atoms with Crippen LogP contribution in [-0.4, -0.2) is 87.4 Å². The summed E-state index contributed by atoms with van der Waals surface area (Å²) in [7, 11) is 0. The molecular weight excluding hydrogens is 410 g/mol. The fraction of sp³-hybridized carbons (Fsp3) is 0.850. The molecule has 0 aliphatic carbocycles. The molecule has 0 bridgehead atoms. The van der Waals surface area contributed by atoms with Gasteiger partial charge in [-0.1, -0.05) is 0 Å². The van der Waals surface area contributed by atoms with Crippen LogP contribution in [0.25, 0.3) is 0 Å². The van der Waals surface area contributed by atoms with E-state index in [2.05, 4.69) is 10.6 Å². The van der Waals surface area contributed by atoms with Crippen molar-refractivity contribution in [2.45, 2.75) is 58.1 Å². The molecule has 0 aromatic rings. The Kier molecular flexibility index (Phi) is 16.6. The molecule has 1 atom stereocenters. The number of hydrogen-bond donors (Lipinski definition) is 4. The van der Waals surface area contributed by atoms with Crippen LogP contribution in [0.3, 0.4) is 0 Å². The Labute approximate surface area is 184 Å². The number of carbonyl (C=O) groups is 3. The number of hydrogen-bond acceptors (Lipinski definition) is 8. The number of nitrogens with one attached hydrogen (secondary N) is 2. The van der Waals surface area contributed by atoms with Gasteiger partial charge in [-0.15, -0.1) is 0 Å². The summed E-state index contributed by atoms with van der Waals surface area (Å²) in [5.74, 6) is -1.13. The van der Waals surface area contributed by atoms with Crippen molar-refractivity contribution in [2.24, 2.45) is 5.73 Å². The Morgan fingerprint density at radius 1 is 0.871 bits per heavy atom. The van der Waals surface area contributed by atoms with E-state index in [0.29, 0.717) is 65.4 Å². The van der Waals surface area contributed by atoms with Crippen LogP contribution >= 0.6 is 0 Å². The van der Waals surface area contributed by atoms with Crippen molar-refractivity contribution in [3.05, 3.63) is 0 Å². The molecule has 11 nitrogen and oxygen atoms in total. The quantitative estimate of drug-likeness (QED) is 0.220. The predicted molar refractivity (Wildman–Crippen MR) is 114 cm³/mol. The number of carboxylic acids is 1. The topological polar surface area (TPSA) is 158 Å². The fourth-order valence-electron chi connectivity index (χ4n) is 2.20. The highest BCUT2D eigenvalue weighted by Crippen LogP contribution is 2.06. The fourth-order valence-corrected chi connectivity index (χ4v) is 2.20. The van der Waals surface area contributed by atoms with Crippen LogP contribution in [0.1, 0.15) is 46.5 Å². The molecule has 5 N–H and O–H groups in total. The average molecular weight is 450 g/mol. The SMILES string of the molecule is CC(C)(C)OC(=O)NCCCC[C@H](N)C(=O)NCCOCCOCCOCCC(=O)O. The number of rotatable bonds is 18. The first-order valence-electron chi connectivity index (χ1n) is 10.6. The molecule has 0 saturated heterocycles. The molecule has 0 heterocycles. The zero-order valence-corrected chi connectivity index (χ0v) is 18.9. The minimum Gasteiger partial charge on any atom is -0.481 e. The molecule has 0 aliphatic heterocycles. The van der Waals surface area contributed by atoms with Gasteiger partial charge in [0.05, 0.1) is 52.1 Å². The third kappa shape index (κ3) is 21.1. The predicted octanol–water partition coefficient (Wildman–Crippen LogP) is 0.649. The molecule has 31 heavy (non-hydrogen) atoms. The van der Waals surface area contributed by atoms with E-state index in [4.69, 9.17) is 29.8 Å². The Morgan fingerprint density at radius 3 is 2.03 bits per heavy atom. The summed E-state index contributed by atoms with van der Waals surface area (Å²) in [5.41, 5.74) is 5.33. The number of amides is 2. The van der Waals surface area contributed by atoms with E-state index >= 15 is 0 Å². The summed E-state index contributed by atoms with van der Waals surface area (Å²) in [4.78, 5) is 33.7. The lowest BCUT2D eigenvalue weighted by Crippen LogP contribution is -2.42. The van der Waals surface area contributed by atoms with Crippen molar-refractivity contribution in [1.29, 1.82) is 0 Å². The highest BCUT2D eigenvalue weighted by Gasteiger charge is 2.16. The van der Waals surface area contributed by atoms with Crippen molar-refractivity contribution in [1.82, 2.24) is 10.6 Å². The highest BCUT2D eigenvalue weighted by atomic mass is 16.6. The second kappa shape index (κ2) is 17.7. The van der Waals surface area contributed by atoms with Crippen molar-refractivity contribution >= 4 is 18.0 Å². The summed E-state index contributed by atoms with van der Waals surface area (Å²) in [5, 5.41) is 13.8. The standard InChI is InChI=1S/C20H39N3O8/c1-20(2,3)31-19(27)23-8-5-4-6-16(21)18(26)22-9-11-29-13-15-30-14-12-28-10-7-17(24)25/h16H,4-15,21H2,1-3H3,(H,22,26)(H,23,27)(H,24,25)/t16-/m0/s1. The van der Waals surface area contributed by atoms with Gasteiger partial charge in [-0.05, 0) is 40.0 Å². The molecule has 0 spiro atoms. The van der Waals surface area contributed by atoms with E-state index < -0.39 is 23.7 Å². The van der Waals surface area contributed by atoms with Crippen LogP contribution in [0.15, 0.2) is 0 Å². The molecule has 182 valence electrons. The van der Waals surface area contributed by atoms with Crippen molar-refractivity contribution < 1.29 is 38.4 Å². The third-order valence-corrected chi connectivity index (χ3v) is 3.70. The van der Waals surface area contributed by atoms with Crippen LogP contribution < -0.4 is 16.4 Å².